The van der Waals surface area contributed by atoms with Gasteiger partial charge in [0.25, 0.3) is 0 Å². The molecular weight excluding hydrogens is 366 g/mol. The normalized spacial score (nSPS) is 41.8. The van der Waals surface area contributed by atoms with Crippen molar-refractivity contribution in [3.63, 3.8) is 0 Å². The first kappa shape index (κ1) is 17.8. The van der Waals surface area contributed by atoms with E-state index in [0.29, 0.717) is 23.5 Å². The Balaban J connectivity index is 1.55. The average molecular weight is 394 g/mol. The molecule has 0 heterocycles. The Labute approximate surface area is 160 Å². The van der Waals surface area contributed by atoms with Crippen LogP contribution in [0.25, 0.3) is 0 Å². The summed E-state index contributed by atoms with van der Waals surface area (Å²) >= 11 is 0. The van der Waals surface area contributed by atoms with E-state index in [1.807, 2.05) is 6.07 Å². The number of aliphatic hydroxyl groups is 1. The monoisotopic (exact) mass is 393 g/mol. The highest BCUT2D eigenvalue weighted by Crippen LogP contribution is 2.81. The number of methoxy groups -OCH3 is 1. The third-order valence-electron chi connectivity index (χ3n) is 8.34. The number of aliphatic hydroxyl groups excluding tert-OH is 1. The Bertz CT molecular complexity index is 915. The van der Waals surface area contributed by atoms with Gasteiger partial charge in [-0.1, -0.05) is 6.92 Å². The molecule has 148 valence electrons. The Morgan fingerprint density at radius 1 is 1.26 bits per heavy atom. The van der Waals surface area contributed by atoms with E-state index in [4.69, 9.17) is 14.1 Å². The minimum Gasteiger partial charge on any atom is -0.493 e. The molecule has 3 saturated carbocycles. The summed E-state index contributed by atoms with van der Waals surface area (Å²) in [5.74, 6) is 2.26. The Hall–Kier alpha value is -1.31. The van der Waals surface area contributed by atoms with Gasteiger partial charge in [-0.05, 0) is 90.4 Å². The summed E-state index contributed by atoms with van der Waals surface area (Å²) in [6.45, 7) is 2.31. The second-order valence-corrected chi connectivity index (χ2v) is 10.3. The average Bonchev–Trinajstić information content (AvgIpc) is 3.25. The van der Waals surface area contributed by atoms with Gasteiger partial charge >= 0.3 is 10.3 Å². The first-order chi connectivity index (χ1) is 12.7. The molecule has 27 heavy (non-hydrogen) atoms. The fraction of sp³-hybridized carbons (Fsp3) is 0.700. The lowest BCUT2D eigenvalue weighted by atomic mass is 9.52. The van der Waals surface area contributed by atoms with Crippen LogP contribution in [0.4, 0.5) is 0 Å². The van der Waals surface area contributed by atoms with Gasteiger partial charge in [-0.15, -0.1) is 0 Å². The fourth-order valence-corrected chi connectivity index (χ4v) is 7.53. The highest BCUT2D eigenvalue weighted by molar-refractivity contribution is 7.84. The highest BCUT2D eigenvalue weighted by Gasteiger charge is 2.76. The van der Waals surface area contributed by atoms with Crippen molar-refractivity contribution >= 4 is 10.3 Å². The van der Waals surface area contributed by atoms with Gasteiger partial charge in [0.1, 0.15) is 0 Å². The molecule has 0 aliphatic heterocycles. The number of fused-ring (bicyclic) bond motifs is 3. The molecule has 1 aromatic rings. The maximum Gasteiger partial charge on any atom is 0.380 e. The molecule has 2 unspecified atom stereocenters. The van der Waals surface area contributed by atoms with Crippen LogP contribution in [-0.2, 0) is 16.7 Å². The Kier molecular flexibility index (Phi) is 3.55. The number of hydrogen-bond acceptors (Lipinski definition) is 5. The minimum absolute atomic E-state index is 0.0527. The molecule has 6 nitrogen and oxygen atoms in total. The summed E-state index contributed by atoms with van der Waals surface area (Å²) < 4.78 is 33.1. The van der Waals surface area contributed by atoms with Crippen LogP contribution >= 0.6 is 0 Å². The van der Waals surface area contributed by atoms with Gasteiger partial charge in [0.05, 0.1) is 13.2 Å². The lowest BCUT2D eigenvalue weighted by Crippen LogP contribution is -2.47. The number of rotatable bonds is 3. The quantitative estimate of drug-likeness (QED) is 0.822. The van der Waals surface area contributed by atoms with Gasteiger partial charge in [-0.3, -0.25) is 0 Å². The molecule has 3 fully saturated rings. The van der Waals surface area contributed by atoms with Gasteiger partial charge in [-0.25, -0.2) is 0 Å². The summed E-state index contributed by atoms with van der Waals surface area (Å²) in [6, 6.07) is 3.74. The minimum atomic E-state index is -4.10. The van der Waals surface area contributed by atoms with Crippen LogP contribution in [0, 0.1) is 22.7 Å². The van der Waals surface area contributed by atoms with Crippen LogP contribution in [0.15, 0.2) is 12.1 Å². The van der Waals surface area contributed by atoms with Crippen LogP contribution < -0.4 is 14.1 Å². The van der Waals surface area contributed by atoms with Crippen LogP contribution in [-0.4, -0.2) is 26.7 Å². The predicted octanol–water partition coefficient (Wildman–Crippen LogP) is 2.49. The number of aryl methyl sites for hydroxylation is 1. The molecule has 1 spiro atoms. The fourth-order valence-electron chi connectivity index (χ4n) is 7.15. The molecule has 0 bridgehead atoms. The van der Waals surface area contributed by atoms with Crippen molar-refractivity contribution < 1.29 is 22.4 Å². The van der Waals surface area contributed by atoms with E-state index >= 15 is 0 Å². The van der Waals surface area contributed by atoms with Gasteiger partial charge in [0, 0.05) is 0 Å². The van der Waals surface area contributed by atoms with Crippen molar-refractivity contribution in [2.45, 2.75) is 57.5 Å². The van der Waals surface area contributed by atoms with E-state index in [1.54, 1.807) is 6.07 Å². The molecule has 6 atom stereocenters. The third-order valence-corrected chi connectivity index (χ3v) is 8.75. The standard InChI is InChI=1S/C20H27NO5S/c1-19-6-5-13-14-9-16(25-2)17(26-27(21,23)24)7-11(14)3-4-15(13)20(19)10-12(20)8-18(19)22/h7,9,12-13,15,18,22H,3-6,8,10H2,1-2H3,(H2,21,23,24)/t12-,13?,15?,18+,19-,20+/m1/s1. The zero-order chi connectivity index (χ0) is 19.2. The third kappa shape index (κ3) is 2.28. The number of hydrogen-bond donors (Lipinski definition) is 2. The van der Waals surface area contributed by atoms with Gasteiger partial charge < -0.3 is 14.0 Å². The summed E-state index contributed by atoms with van der Waals surface area (Å²) in [6.07, 6.45) is 6.11. The molecule has 0 aromatic heterocycles. The zero-order valence-corrected chi connectivity index (χ0v) is 16.6. The second kappa shape index (κ2) is 5.39. The van der Waals surface area contributed by atoms with Crippen LogP contribution in [0.3, 0.4) is 0 Å². The molecule has 5 rings (SSSR count). The molecular formula is C20H27NO5S. The highest BCUT2D eigenvalue weighted by atomic mass is 32.2. The summed E-state index contributed by atoms with van der Waals surface area (Å²) in [7, 11) is -2.58. The first-order valence-corrected chi connectivity index (χ1v) is 11.3. The maximum absolute atomic E-state index is 11.4. The van der Waals surface area contributed by atoms with E-state index in [0.717, 1.165) is 37.7 Å². The molecule has 4 aliphatic carbocycles. The molecule has 1 aromatic carbocycles. The van der Waals surface area contributed by atoms with Gasteiger partial charge in [0.15, 0.2) is 11.5 Å². The SMILES string of the molecule is COc1cc2c(cc1OS(N)(=O)=O)CCC1C2CC[C@]2(C)[C@@H](O)C[C@@H]3C[C@@]132. The van der Waals surface area contributed by atoms with E-state index in [2.05, 4.69) is 6.92 Å². The topological polar surface area (TPSA) is 98.9 Å². The largest absolute Gasteiger partial charge is 0.493 e. The Morgan fingerprint density at radius 2 is 2.04 bits per heavy atom. The Morgan fingerprint density at radius 3 is 2.74 bits per heavy atom. The van der Waals surface area contributed by atoms with Crippen LogP contribution in [0.2, 0.25) is 0 Å². The summed E-state index contributed by atoms with van der Waals surface area (Å²) in [4.78, 5) is 0. The van der Waals surface area contributed by atoms with Crippen LogP contribution in [0.1, 0.15) is 56.1 Å². The molecule has 4 aliphatic rings. The number of benzene rings is 1. The van der Waals surface area contributed by atoms with E-state index in [1.165, 1.54) is 19.1 Å². The van der Waals surface area contributed by atoms with Crippen molar-refractivity contribution in [3.05, 3.63) is 23.3 Å². The lowest BCUT2D eigenvalue weighted by molar-refractivity contribution is -0.0558. The first-order valence-electron chi connectivity index (χ1n) is 9.81. The molecule has 7 heteroatoms. The van der Waals surface area contributed by atoms with Crippen molar-refractivity contribution in [1.82, 2.24) is 0 Å². The molecule has 0 amide bonds. The zero-order valence-electron chi connectivity index (χ0n) is 15.8. The van der Waals surface area contributed by atoms with Crippen LogP contribution in [0.5, 0.6) is 11.5 Å². The summed E-state index contributed by atoms with van der Waals surface area (Å²) in [5.41, 5.74) is 2.73. The molecule has 0 saturated heterocycles. The molecule has 3 N–H and O–H groups in total. The smallest absolute Gasteiger partial charge is 0.380 e. The predicted molar refractivity (Wildman–Crippen MR) is 99.8 cm³/mol. The number of ether oxygens (including phenoxy) is 1. The van der Waals surface area contributed by atoms with Crippen molar-refractivity contribution in [1.29, 1.82) is 0 Å². The van der Waals surface area contributed by atoms with Gasteiger partial charge in [-0.2, -0.15) is 13.6 Å². The van der Waals surface area contributed by atoms with Crippen molar-refractivity contribution in [2.75, 3.05) is 7.11 Å². The summed E-state index contributed by atoms with van der Waals surface area (Å²) in [5, 5.41) is 15.7. The second-order valence-electron chi connectivity index (χ2n) is 9.18. The van der Waals surface area contributed by atoms with Gasteiger partial charge in [0.2, 0.25) is 0 Å². The van der Waals surface area contributed by atoms with E-state index in [9.17, 15) is 13.5 Å². The van der Waals surface area contributed by atoms with Crippen molar-refractivity contribution in [2.24, 2.45) is 27.8 Å². The van der Waals surface area contributed by atoms with E-state index < -0.39 is 10.3 Å². The van der Waals surface area contributed by atoms with E-state index in [-0.39, 0.29) is 22.7 Å². The lowest BCUT2D eigenvalue weighted by Gasteiger charge is -2.52. The van der Waals surface area contributed by atoms with Crippen molar-refractivity contribution in [3.8, 4) is 11.5 Å². The molecule has 0 radical (unpaired) electrons. The maximum atomic E-state index is 11.4. The number of nitrogens with two attached hydrogens (primary N) is 1.